The Kier molecular flexibility index (Phi) is 3.65. The maximum Gasteiger partial charge on any atom is 0.158 e. The normalized spacial score (nSPS) is 36.3. The van der Waals surface area contributed by atoms with Crippen molar-refractivity contribution in [2.24, 2.45) is 0 Å². The number of carbonyl (C=O) groups is 1. The Morgan fingerprint density at radius 1 is 1.67 bits per heavy atom. The summed E-state index contributed by atoms with van der Waals surface area (Å²) >= 11 is 0. The van der Waals surface area contributed by atoms with Gasteiger partial charge in [-0.25, -0.2) is 0 Å². The van der Waals surface area contributed by atoms with Crippen molar-refractivity contribution in [3.63, 3.8) is 0 Å². The van der Waals surface area contributed by atoms with Crippen LogP contribution in [0.3, 0.4) is 0 Å². The molecule has 0 radical (unpaired) electrons. The van der Waals surface area contributed by atoms with Crippen molar-refractivity contribution in [3.8, 4) is 0 Å². The molecule has 0 bridgehead atoms. The van der Waals surface area contributed by atoms with Crippen molar-refractivity contribution in [2.75, 3.05) is 6.61 Å². The molecule has 4 nitrogen and oxygen atoms in total. The van der Waals surface area contributed by atoms with Gasteiger partial charge in [-0.3, -0.25) is 0 Å². The second-order valence-electron chi connectivity index (χ2n) is 2.86. The van der Waals surface area contributed by atoms with Crippen LogP contribution in [0.4, 0.5) is 0 Å². The van der Waals surface area contributed by atoms with E-state index in [9.17, 15) is 9.90 Å². The first kappa shape index (κ1) is 9.64. The van der Waals surface area contributed by atoms with Gasteiger partial charge in [0, 0.05) is 0 Å². The van der Waals surface area contributed by atoms with Crippen LogP contribution < -0.4 is 0 Å². The SMILES string of the molecule is CCCC1OCC(O)C(C=O)O1. The molecule has 70 valence electrons. The van der Waals surface area contributed by atoms with Gasteiger partial charge in [-0.15, -0.1) is 0 Å². The number of aliphatic hydroxyl groups is 1. The minimum Gasteiger partial charge on any atom is -0.388 e. The van der Waals surface area contributed by atoms with Crippen molar-refractivity contribution < 1.29 is 19.4 Å². The third-order valence-electron chi connectivity index (χ3n) is 1.80. The summed E-state index contributed by atoms with van der Waals surface area (Å²) in [7, 11) is 0. The number of rotatable bonds is 3. The Hall–Kier alpha value is -0.450. The predicted octanol–water partition coefficient (Wildman–Crippen LogP) is 0.0878. The fourth-order valence-electron chi connectivity index (χ4n) is 1.12. The highest BCUT2D eigenvalue weighted by molar-refractivity contribution is 5.57. The first-order chi connectivity index (χ1) is 5.77. The third kappa shape index (κ3) is 2.27. The molecule has 3 unspecified atom stereocenters. The van der Waals surface area contributed by atoms with Crippen molar-refractivity contribution in [2.45, 2.75) is 38.3 Å². The standard InChI is InChI=1S/C8H14O4/c1-2-3-8-11-5-6(10)7(4-9)12-8/h4,6-8,10H,2-3,5H2,1H3. The molecule has 1 fully saturated rings. The van der Waals surface area contributed by atoms with Crippen LogP contribution >= 0.6 is 0 Å². The van der Waals surface area contributed by atoms with Crippen LogP contribution in [0.2, 0.25) is 0 Å². The lowest BCUT2D eigenvalue weighted by molar-refractivity contribution is -0.244. The second kappa shape index (κ2) is 4.54. The number of ether oxygens (including phenoxy) is 2. The van der Waals surface area contributed by atoms with Gasteiger partial charge in [-0.2, -0.15) is 0 Å². The first-order valence-electron chi connectivity index (χ1n) is 4.18. The molecular weight excluding hydrogens is 160 g/mol. The molecule has 1 N–H and O–H groups in total. The van der Waals surface area contributed by atoms with Crippen molar-refractivity contribution in [1.82, 2.24) is 0 Å². The molecule has 1 aliphatic rings. The summed E-state index contributed by atoms with van der Waals surface area (Å²) in [5.74, 6) is 0. The summed E-state index contributed by atoms with van der Waals surface area (Å²) in [6, 6.07) is 0. The maximum absolute atomic E-state index is 10.4. The van der Waals surface area contributed by atoms with E-state index >= 15 is 0 Å². The molecule has 1 rings (SSSR count). The maximum atomic E-state index is 10.4. The molecule has 0 spiro atoms. The minimum absolute atomic E-state index is 0.189. The smallest absolute Gasteiger partial charge is 0.158 e. The lowest BCUT2D eigenvalue weighted by Crippen LogP contribution is -2.44. The zero-order chi connectivity index (χ0) is 8.97. The van der Waals surface area contributed by atoms with Crippen molar-refractivity contribution in [3.05, 3.63) is 0 Å². The highest BCUT2D eigenvalue weighted by Crippen LogP contribution is 2.15. The van der Waals surface area contributed by atoms with E-state index in [0.717, 1.165) is 12.8 Å². The lowest BCUT2D eigenvalue weighted by Gasteiger charge is -2.30. The number of aliphatic hydroxyl groups excluding tert-OH is 1. The Labute approximate surface area is 71.5 Å². The first-order valence-corrected chi connectivity index (χ1v) is 4.18. The molecule has 0 aromatic carbocycles. The van der Waals surface area contributed by atoms with Crippen molar-refractivity contribution >= 4 is 6.29 Å². The van der Waals surface area contributed by atoms with Crippen molar-refractivity contribution in [1.29, 1.82) is 0 Å². The number of hydrogen-bond donors (Lipinski definition) is 1. The van der Waals surface area contributed by atoms with E-state index in [1.165, 1.54) is 0 Å². The van der Waals surface area contributed by atoms with Crippen LogP contribution in [0, 0.1) is 0 Å². The summed E-state index contributed by atoms with van der Waals surface area (Å²) in [6.07, 6.45) is 0.471. The quantitative estimate of drug-likeness (QED) is 0.616. The summed E-state index contributed by atoms with van der Waals surface area (Å²) in [4.78, 5) is 10.4. The van der Waals surface area contributed by atoms with Crippen LogP contribution in [0.5, 0.6) is 0 Å². The molecule has 3 atom stereocenters. The molecule has 0 amide bonds. The topological polar surface area (TPSA) is 55.8 Å². The number of aldehydes is 1. The van der Waals surface area contributed by atoms with Crippen LogP contribution in [-0.2, 0) is 14.3 Å². The molecule has 1 heterocycles. The third-order valence-corrected chi connectivity index (χ3v) is 1.80. The van der Waals surface area contributed by atoms with Gasteiger partial charge in [-0.1, -0.05) is 13.3 Å². The summed E-state index contributed by atoms with van der Waals surface area (Å²) in [6.45, 7) is 2.20. The van der Waals surface area contributed by atoms with Gasteiger partial charge < -0.3 is 19.4 Å². The van der Waals surface area contributed by atoms with E-state index in [-0.39, 0.29) is 12.9 Å². The fraction of sp³-hybridized carbons (Fsp3) is 0.875. The predicted molar refractivity (Wildman–Crippen MR) is 41.6 cm³/mol. The molecule has 0 aromatic heterocycles. The Morgan fingerprint density at radius 2 is 2.42 bits per heavy atom. The van der Waals surface area contributed by atoms with E-state index in [1.807, 2.05) is 6.92 Å². The molecule has 0 aromatic rings. The molecule has 1 saturated heterocycles. The van der Waals surface area contributed by atoms with E-state index < -0.39 is 12.2 Å². The summed E-state index contributed by atoms with van der Waals surface area (Å²) in [5, 5.41) is 9.17. The van der Waals surface area contributed by atoms with Gasteiger partial charge in [-0.05, 0) is 6.42 Å². The summed E-state index contributed by atoms with van der Waals surface area (Å²) < 4.78 is 10.3. The number of carbonyl (C=O) groups excluding carboxylic acids is 1. The molecular formula is C8H14O4. The average molecular weight is 174 g/mol. The molecule has 4 heteroatoms. The Morgan fingerprint density at radius 3 is 3.00 bits per heavy atom. The van der Waals surface area contributed by atoms with Gasteiger partial charge in [0.1, 0.15) is 12.2 Å². The average Bonchev–Trinajstić information content (AvgIpc) is 2.09. The fourth-order valence-corrected chi connectivity index (χ4v) is 1.12. The van der Waals surface area contributed by atoms with E-state index in [2.05, 4.69) is 0 Å². The lowest BCUT2D eigenvalue weighted by atomic mass is 10.2. The molecule has 0 saturated carbocycles. The van der Waals surface area contributed by atoms with Gasteiger partial charge in [0.2, 0.25) is 0 Å². The monoisotopic (exact) mass is 174 g/mol. The molecule has 12 heavy (non-hydrogen) atoms. The zero-order valence-electron chi connectivity index (χ0n) is 7.10. The van der Waals surface area contributed by atoms with Gasteiger partial charge in [0.15, 0.2) is 12.6 Å². The van der Waals surface area contributed by atoms with Gasteiger partial charge >= 0.3 is 0 Å². The van der Waals surface area contributed by atoms with Crippen LogP contribution in [0.15, 0.2) is 0 Å². The largest absolute Gasteiger partial charge is 0.388 e. The van der Waals surface area contributed by atoms with Crippen LogP contribution in [-0.4, -0.2) is 36.5 Å². The van der Waals surface area contributed by atoms with Gasteiger partial charge in [0.25, 0.3) is 0 Å². The minimum atomic E-state index is -0.810. The van der Waals surface area contributed by atoms with E-state index in [1.54, 1.807) is 0 Å². The van der Waals surface area contributed by atoms with E-state index in [0.29, 0.717) is 6.29 Å². The van der Waals surface area contributed by atoms with Crippen LogP contribution in [0.25, 0.3) is 0 Å². The van der Waals surface area contributed by atoms with E-state index in [4.69, 9.17) is 9.47 Å². The molecule has 0 aliphatic carbocycles. The zero-order valence-corrected chi connectivity index (χ0v) is 7.10. The van der Waals surface area contributed by atoms with Crippen LogP contribution in [0.1, 0.15) is 19.8 Å². The number of hydrogen-bond acceptors (Lipinski definition) is 4. The second-order valence-corrected chi connectivity index (χ2v) is 2.86. The Balaban J connectivity index is 2.38. The summed E-state index contributed by atoms with van der Waals surface area (Å²) in [5.41, 5.74) is 0. The van der Waals surface area contributed by atoms with Gasteiger partial charge in [0.05, 0.1) is 6.61 Å². The Bertz CT molecular complexity index is 148. The highest BCUT2D eigenvalue weighted by Gasteiger charge is 2.29. The highest BCUT2D eigenvalue weighted by atomic mass is 16.7. The molecule has 1 aliphatic heterocycles.